The van der Waals surface area contributed by atoms with Gasteiger partial charge in [0.25, 0.3) is 10.0 Å². The summed E-state index contributed by atoms with van der Waals surface area (Å²) in [7, 11) is -3.81. The van der Waals surface area contributed by atoms with Crippen LogP contribution in [0.5, 0.6) is 11.5 Å². The Morgan fingerprint density at radius 3 is 2.23 bits per heavy atom. The second-order valence-corrected chi connectivity index (χ2v) is 7.43. The first-order chi connectivity index (χ1) is 12.3. The Morgan fingerprint density at radius 2 is 1.62 bits per heavy atom. The molecule has 3 rings (SSSR count). The number of nitrogens with one attached hydrogen (secondary N) is 1. The Balaban J connectivity index is 1.79. The lowest BCUT2D eigenvalue weighted by Gasteiger charge is -2.11. The molecule has 8 heteroatoms. The Labute approximate surface area is 155 Å². The Morgan fingerprint density at radius 1 is 0.962 bits per heavy atom. The number of ether oxygens (including phenoxy) is 1. The lowest BCUT2D eigenvalue weighted by atomic mass is 10.3. The van der Waals surface area contributed by atoms with Crippen molar-refractivity contribution < 1.29 is 17.5 Å². The molecule has 0 aliphatic heterocycles. The van der Waals surface area contributed by atoms with Crippen molar-refractivity contribution in [2.24, 2.45) is 0 Å². The summed E-state index contributed by atoms with van der Waals surface area (Å²) >= 11 is 6.05. The smallest absolute Gasteiger partial charge is 0.261 e. The quantitative estimate of drug-likeness (QED) is 0.619. The third kappa shape index (κ3) is 4.07. The summed E-state index contributed by atoms with van der Waals surface area (Å²) in [5.74, 6) is 0.230. The average Bonchev–Trinajstić information content (AvgIpc) is 2.61. The average molecular weight is 393 g/mol. The van der Waals surface area contributed by atoms with Gasteiger partial charge in [-0.15, -0.1) is 0 Å². The van der Waals surface area contributed by atoms with Gasteiger partial charge < -0.3 is 10.5 Å². The van der Waals surface area contributed by atoms with E-state index in [2.05, 4.69) is 4.72 Å². The van der Waals surface area contributed by atoms with Gasteiger partial charge in [0.15, 0.2) is 5.75 Å². The van der Waals surface area contributed by atoms with Crippen LogP contribution in [0, 0.1) is 5.82 Å². The molecule has 3 aromatic carbocycles. The molecule has 0 spiro atoms. The van der Waals surface area contributed by atoms with E-state index in [-0.39, 0.29) is 10.6 Å². The van der Waals surface area contributed by atoms with Crippen LogP contribution in [0.2, 0.25) is 5.02 Å². The fourth-order valence-electron chi connectivity index (χ4n) is 2.17. The summed E-state index contributed by atoms with van der Waals surface area (Å²) in [6, 6.07) is 15.7. The number of benzene rings is 3. The lowest BCUT2D eigenvalue weighted by molar-refractivity contribution is 0.485. The van der Waals surface area contributed by atoms with Crippen LogP contribution in [0.4, 0.5) is 15.8 Å². The number of para-hydroxylation sites is 1. The number of anilines is 2. The number of halogens is 2. The maximum absolute atomic E-state index is 12.9. The highest BCUT2D eigenvalue weighted by molar-refractivity contribution is 7.92. The zero-order valence-corrected chi connectivity index (χ0v) is 14.9. The topological polar surface area (TPSA) is 81.4 Å². The Hall–Kier alpha value is -2.77. The van der Waals surface area contributed by atoms with Crippen LogP contribution in [0.3, 0.4) is 0 Å². The van der Waals surface area contributed by atoms with E-state index in [0.717, 1.165) is 0 Å². The first-order valence-electron chi connectivity index (χ1n) is 7.45. The molecule has 3 aromatic rings. The second kappa shape index (κ2) is 7.23. The van der Waals surface area contributed by atoms with E-state index >= 15 is 0 Å². The van der Waals surface area contributed by atoms with Crippen molar-refractivity contribution in [1.29, 1.82) is 0 Å². The van der Waals surface area contributed by atoms with Gasteiger partial charge in [-0.1, -0.05) is 17.7 Å². The van der Waals surface area contributed by atoms with Crippen molar-refractivity contribution >= 4 is 33.0 Å². The van der Waals surface area contributed by atoms with Crippen molar-refractivity contribution in [1.82, 2.24) is 0 Å². The number of hydrogen-bond donors (Lipinski definition) is 2. The van der Waals surface area contributed by atoms with Gasteiger partial charge in [0.05, 0.1) is 15.6 Å². The Kier molecular flexibility index (Phi) is 5.01. The summed E-state index contributed by atoms with van der Waals surface area (Å²) in [6.07, 6.45) is 0. The van der Waals surface area contributed by atoms with E-state index in [1.807, 2.05) is 0 Å². The van der Waals surface area contributed by atoms with Gasteiger partial charge in [0, 0.05) is 5.69 Å². The minimum Gasteiger partial charge on any atom is -0.454 e. The molecule has 0 bridgehead atoms. The molecule has 0 amide bonds. The molecule has 0 aliphatic carbocycles. The van der Waals surface area contributed by atoms with Crippen molar-refractivity contribution in [3.8, 4) is 11.5 Å². The second-order valence-electron chi connectivity index (χ2n) is 5.34. The first-order valence-corrected chi connectivity index (χ1v) is 9.31. The fraction of sp³-hybridized carbons (Fsp3) is 0. The molecule has 0 saturated heterocycles. The van der Waals surface area contributed by atoms with Crippen LogP contribution in [0.25, 0.3) is 0 Å². The predicted molar refractivity (Wildman–Crippen MR) is 99.6 cm³/mol. The monoisotopic (exact) mass is 392 g/mol. The van der Waals surface area contributed by atoms with Gasteiger partial charge in [-0.05, 0) is 60.7 Å². The SMILES string of the molecule is Nc1cccc(Cl)c1Oc1ccc(S(=O)(=O)Nc2ccc(F)cc2)cc1. The molecule has 0 radical (unpaired) electrons. The van der Waals surface area contributed by atoms with E-state index in [1.165, 1.54) is 48.5 Å². The highest BCUT2D eigenvalue weighted by atomic mass is 35.5. The normalized spacial score (nSPS) is 11.2. The maximum Gasteiger partial charge on any atom is 0.261 e. The van der Waals surface area contributed by atoms with E-state index < -0.39 is 15.8 Å². The summed E-state index contributed by atoms with van der Waals surface area (Å²) in [4.78, 5) is 0.0290. The molecule has 0 atom stereocenters. The zero-order chi connectivity index (χ0) is 18.7. The molecular formula is C18H14ClFN2O3S. The molecule has 134 valence electrons. The van der Waals surface area contributed by atoms with Gasteiger partial charge in [-0.25, -0.2) is 12.8 Å². The molecule has 5 nitrogen and oxygen atoms in total. The number of nitrogens with two attached hydrogens (primary N) is 1. The molecule has 26 heavy (non-hydrogen) atoms. The van der Waals surface area contributed by atoms with Gasteiger partial charge in [-0.2, -0.15) is 0 Å². The van der Waals surface area contributed by atoms with Crippen LogP contribution in [-0.2, 0) is 10.0 Å². The third-order valence-corrected chi connectivity index (χ3v) is 5.14. The van der Waals surface area contributed by atoms with Crippen molar-refractivity contribution in [2.45, 2.75) is 4.90 Å². The standard InChI is InChI=1S/C18H14ClFN2O3S/c19-16-2-1-3-17(21)18(16)25-14-8-10-15(11-9-14)26(23,24)22-13-6-4-12(20)5-7-13/h1-11,22H,21H2. The van der Waals surface area contributed by atoms with Gasteiger partial charge in [0.1, 0.15) is 11.6 Å². The minimum atomic E-state index is -3.81. The number of sulfonamides is 1. The Bertz CT molecular complexity index is 1000. The van der Waals surface area contributed by atoms with Crippen LogP contribution in [-0.4, -0.2) is 8.42 Å². The van der Waals surface area contributed by atoms with Crippen LogP contribution in [0.1, 0.15) is 0 Å². The molecule has 0 unspecified atom stereocenters. The predicted octanol–water partition coefficient (Wildman–Crippen LogP) is 4.65. The maximum atomic E-state index is 12.9. The van der Waals surface area contributed by atoms with E-state index in [4.69, 9.17) is 22.1 Å². The van der Waals surface area contributed by atoms with Gasteiger partial charge in [0.2, 0.25) is 0 Å². The zero-order valence-electron chi connectivity index (χ0n) is 13.3. The minimum absolute atomic E-state index is 0.0290. The largest absolute Gasteiger partial charge is 0.454 e. The first kappa shape index (κ1) is 18.0. The molecule has 3 N–H and O–H groups in total. The summed E-state index contributed by atoms with van der Waals surface area (Å²) in [5, 5.41) is 0.347. The highest BCUT2D eigenvalue weighted by Crippen LogP contribution is 2.34. The number of rotatable bonds is 5. The molecule has 0 aliphatic rings. The van der Waals surface area contributed by atoms with E-state index in [1.54, 1.807) is 18.2 Å². The number of nitrogen functional groups attached to an aromatic ring is 1. The van der Waals surface area contributed by atoms with Crippen molar-refractivity contribution in [2.75, 3.05) is 10.5 Å². The molecule has 0 saturated carbocycles. The van der Waals surface area contributed by atoms with Crippen LogP contribution >= 0.6 is 11.6 Å². The summed E-state index contributed by atoms with van der Waals surface area (Å²) in [6.45, 7) is 0. The van der Waals surface area contributed by atoms with Crippen molar-refractivity contribution in [3.05, 3.63) is 77.6 Å². The number of hydrogen-bond acceptors (Lipinski definition) is 4. The van der Waals surface area contributed by atoms with Crippen LogP contribution in [0.15, 0.2) is 71.6 Å². The molecule has 0 fully saturated rings. The van der Waals surface area contributed by atoms with E-state index in [9.17, 15) is 12.8 Å². The van der Waals surface area contributed by atoms with E-state index in [0.29, 0.717) is 22.2 Å². The highest BCUT2D eigenvalue weighted by Gasteiger charge is 2.15. The molecule has 0 aromatic heterocycles. The molecular weight excluding hydrogens is 379 g/mol. The lowest BCUT2D eigenvalue weighted by Crippen LogP contribution is -2.12. The van der Waals surface area contributed by atoms with Crippen LogP contribution < -0.4 is 15.2 Å². The van der Waals surface area contributed by atoms with Gasteiger partial charge in [-0.3, -0.25) is 4.72 Å². The summed E-state index contributed by atoms with van der Waals surface area (Å²) < 4.78 is 45.7. The molecule has 0 heterocycles. The summed E-state index contributed by atoms with van der Waals surface area (Å²) in [5.41, 5.74) is 6.45. The fourth-order valence-corrected chi connectivity index (χ4v) is 3.45. The van der Waals surface area contributed by atoms with Crippen molar-refractivity contribution in [3.63, 3.8) is 0 Å². The third-order valence-electron chi connectivity index (χ3n) is 3.45. The van der Waals surface area contributed by atoms with Gasteiger partial charge >= 0.3 is 0 Å².